The Kier molecular flexibility index (Phi) is 9.02. The van der Waals surface area contributed by atoms with Gasteiger partial charge in [0.25, 0.3) is 12.2 Å². The summed E-state index contributed by atoms with van der Waals surface area (Å²) in [5.41, 5.74) is 0.653. The van der Waals surface area contributed by atoms with E-state index in [0.717, 1.165) is 49.2 Å². The third-order valence-corrected chi connectivity index (χ3v) is 9.63. The number of amides is 2. The first-order valence-electron chi connectivity index (χ1n) is 15.9. The van der Waals surface area contributed by atoms with Gasteiger partial charge in [-0.3, -0.25) is 24.3 Å². The number of aryl methyl sites for hydroxylation is 1. The van der Waals surface area contributed by atoms with Crippen molar-refractivity contribution in [3.8, 4) is 11.8 Å². The van der Waals surface area contributed by atoms with E-state index in [2.05, 4.69) is 23.8 Å². The molecule has 0 bridgehead atoms. The molecule has 1 atom stereocenters. The fourth-order valence-electron chi connectivity index (χ4n) is 7.17. The molecule has 0 unspecified atom stereocenters. The Hall–Kier alpha value is -4.02. The second-order valence-electron chi connectivity index (χ2n) is 13.2. The number of rotatable bonds is 8. The topological polar surface area (TPSA) is 102 Å². The summed E-state index contributed by atoms with van der Waals surface area (Å²) >= 11 is 5.98. The molecule has 10 nitrogen and oxygen atoms in total. The maximum absolute atomic E-state index is 14.6. The summed E-state index contributed by atoms with van der Waals surface area (Å²) in [6.45, 7) is 5.72. The Morgan fingerprint density at radius 3 is 2.60 bits per heavy atom. The van der Waals surface area contributed by atoms with E-state index in [1.165, 1.54) is 11.0 Å². The number of nitrogens with zero attached hydrogens (tertiary/aromatic N) is 8. The average molecular weight is 670 g/mol. The number of alkyl halides is 3. The number of likely N-dealkylation sites (tertiary alicyclic amines) is 1. The van der Waals surface area contributed by atoms with E-state index in [0.29, 0.717) is 29.6 Å². The first-order chi connectivity index (χ1) is 22.3. The monoisotopic (exact) mass is 669 g/mol. The zero-order valence-electron chi connectivity index (χ0n) is 26.6. The number of benzene rings is 1. The number of hydrogen-bond donors (Lipinski definition) is 0. The van der Waals surface area contributed by atoms with Crippen LogP contribution in [-0.2, 0) is 26.3 Å². The smallest absolute Gasteiger partial charge is 0.299 e. The number of carbonyl (C=O) groups excluding carboxylic acids is 2. The molecule has 2 fully saturated rings. The van der Waals surface area contributed by atoms with Gasteiger partial charge in [0, 0.05) is 30.8 Å². The van der Waals surface area contributed by atoms with E-state index in [4.69, 9.17) is 16.6 Å². The molecule has 1 saturated heterocycles. The number of hydrogen-bond acceptors (Lipinski definition) is 6. The number of halogens is 4. The van der Waals surface area contributed by atoms with Crippen LogP contribution in [0.5, 0.6) is 0 Å². The van der Waals surface area contributed by atoms with Gasteiger partial charge in [0.1, 0.15) is 5.82 Å². The summed E-state index contributed by atoms with van der Waals surface area (Å²) in [5.74, 6) is 0.460. The van der Waals surface area contributed by atoms with E-state index in [1.807, 2.05) is 6.07 Å². The molecule has 47 heavy (non-hydrogen) atoms. The van der Waals surface area contributed by atoms with Gasteiger partial charge in [-0.2, -0.15) is 18.4 Å². The van der Waals surface area contributed by atoms with Crippen molar-refractivity contribution in [1.29, 1.82) is 5.26 Å². The van der Waals surface area contributed by atoms with Crippen molar-refractivity contribution < 1.29 is 27.4 Å². The minimum atomic E-state index is -4.69. The highest BCUT2D eigenvalue weighted by Crippen LogP contribution is 2.47. The minimum Gasteiger partial charge on any atom is -0.299 e. The third kappa shape index (κ3) is 6.58. The predicted octanol–water partition coefficient (Wildman–Crippen LogP) is 6.10. The van der Waals surface area contributed by atoms with E-state index in [-0.39, 0.29) is 48.2 Å². The predicted molar refractivity (Wildman–Crippen MR) is 168 cm³/mol. The highest BCUT2D eigenvalue weighted by molar-refractivity contribution is 6.66. The summed E-state index contributed by atoms with van der Waals surface area (Å²) in [6, 6.07) is 6.48. The number of pyridine rings is 1. The van der Waals surface area contributed by atoms with Crippen molar-refractivity contribution in [2.45, 2.75) is 71.1 Å². The molecule has 6 rings (SSSR count). The lowest BCUT2D eigenvalue weighted by Gasteiger charge is -2.34. The van der Waals surface area contributed by atoms with Crippen molar-refractivity contribution in [2.24, 2.45) is 18.9 Å². The van der Waals surface area contributed by atoms with Crippen molar-refractivity contribution in [3.63, 3.8) is 0 Å². The van der Waals surface area contributed by atoms with Gasteiger partial charge < -0.3 is 0 Å². The van der Waals surface area contributed by atoms with E-state index in [9.17, 15) is 28.0 Å². The van der Waals surface area contributed by atoms with Crippen LogP contribution in [0.1, 0.15) is 84.5 Å². The number of fused-ring (bicyclic) bond motifs is 1. The standard InChI is InChI=1S/C33H37ClF3N8O2/c1-20-6-4-8-42(15-20)16-22-12-25-26(27(13-22)33(35,36)37)17-44(31(25)46)30-29(45-19-41(3)18-39-45)24(23-10-21(2)11-23)14-28(40-30)43(32(34)47)9-5-7-38/h12-14,18-21,23H,4-6,8-11,15-17H2,1-3H3/q+1/t20-,21-,23-/m0/s1. The highest BCUT2D eigenvalue weighted by Gasteiger charge is 2.44. The SMILES string of the molecule is C[C@H]1CCCN(Cc2cc3c(c(C(F)(F)F)c2)CN(c2nc(N(CCC#N)C(=O)Cl)cc([C@H]4C[C@H](C)C4)c2-[n+]2cn(C)cn2)C3=O)C1. The Bertz CT molecular complexity index is 1750. The first-order valence-corrected chi connectivity index (χ1v) is 16.3. The van der Waals surface area contributed by atoms with Gasteiger partial charge in [-0.25, -0.2) is 9.55 Å². The molecule has 14 heteroatoms. The molecule has 0 radical (unpaired) electrons. The third-order valence-electron chi connectivity index (χ3n) is 9.43. The van der Waals surface area contributed by atoms with E-state index in [1.54, 1.807) is 41.1 Å². The normalized spacial score (nSPS) is 21.4. The summed E-state index contributed by atoms with van der Waals surface area (Å²) in [5, 5.41) is 12.9. The number of anilines is 2. The molecule has 4 heterocycles. The van der Waals surface area contributed by atoms with Gasteiger partial charge in [0.15, 0.2) is 5.82 Å². The first kappa shape index (κ1) is 32.9. The summed E-state index contributed by atoms with van der Waals surface area (Å²) in [7, 11) is 1.78. The van der Waals surface area contributed by atoms with E-state index >= 15 is 0 Å². The summed E-state index contributed by atoms with van der Waals surface area (Å²) in [4.78, 5) is 36.2. The molecular formula is C33H37ClF3N8O2+. The Labute approximate surface area is 276 Å². The molecular weight excluding hydrogens is 633 g/mol. The Morgan fingerprint density at radius 1 is 1.21 bits per heavy atom. The molecule has 1 saturated carbocycles. The lowest BCUT2D eigenvalue weighted by atomic mass is 9.72. The lowest BCUT2D eigenvalue weighted by molar-refractivity contribution is -0.657. The molecule has 1 aromatic carbocycles. The Balaban J connectivity index is 1.50. The largest absolute Gasteiger partial charge is 0.416 e. The fraction of sp³-hybridized carbons (Fsp3) is 0.515. The van der Waals surface area contributed by atoms with Crippen LogP contribution in [0.15, 0.2) is 30.9 Å². The Morgan fingerprint density at radius 2 is 1.98 bits per heavy atom. The molecule has 2 aliphatic heterocycles. The maximum atomic E-state index is 14.6. The zero-order chi connectivity index (χ0) is 33.6. The van der Waals surface area contributed by atoms with Crippen LogP contribution in [-0.4, -0.2) is 50.5 Å². The summed E-state index contributed by atoms with van der Waals surface area (Å²) in [6.07, 6.45) is 2.24. The molecule has 2 aromatic heterocycles. The van der Waals surface area contributed by atoms with Crippen LogP contribution < -0.4 is 14.5 Å². The van der Waals surface area contributed by atoms with Crippen LogP contribution in [0.3, 0.4) is 0 Å². The van der Waals surface area contributed by atoms with Crippen LogP contribution in [0, 0.1) is 23.2 Å². The van der Waals surface area contributed by atoms with Gasteiger partial charge in [-0.15, -0.1) is 0 Å². The zero-order valence-corrected chi connectivity index (χ0v) is 27.4. The second-order valence-corrected chi connectivity index (χ2v) is 13.5. The molecule has 3 aromatic rings. The second kappa shape index (κ2) is 12.9. The molecule has 248 valence electrons. The van der Waals surface area contributed by atoms with Crippen molar-refractivity contribution in [1.82, 2.24) is 19.5 Å². The lowest BCUT2D eigenvalue weighted by Crippen LogP contribution is -2.40. The van der Waals surface area contributed by atoms with Gasteiger partial charge in [0.05, 0.1) is 31.6 Å². The summed E-state index contributed by atoms with van der Waals surface area (Å²) < 4.78 is 47.2. The highest BCUT2D eigenvalue weighted by atomic mass is 35.5. The average Bonchev–Trinajstić information content (AvgIpc) is 3.57. The van der Waals surface area contributed by atoms with Crippen LogP contribution >= 0.6 is 11.6 Å². The van der Waals surface area contributed by atoms with Gasteiger partial charge in [-0.05, 0) is 96.0 Å². The molecule has 0 N–H and O–H groups in total. The van der Waals surface area contributed by atoms with Crippen LogP contribution in [0.25, 0.3) is 5.69 Å². The minimum absolute atomic E-state index is 0.0161. The van der Waals surface area contributed by atoms with Crippen LogP contribution in [0.4, 0.5) is 29.6 Å². The molecule has 2 amide bonds. The van der Waals surface area contributed by atoms with Crippen molar-refractivity contribution in [2.75, 3.05) is 29.4 Å². The molecule has 3 aliphatic rings. The number of carbonyl (C=O) groups is 2. The van der Waals surface area contributed by atoms with E-state index < -0.39 is 23.0 Å². The number of nitriles is 1. The number of aromatic nitrogens is 4. The van der Waals surface area contributed by atoms with Gasteiger partial charge in [-0.1, -0.05) is 18.5 Å². The quantitative estimate of drug-likeness (QED) is 0.163. The molecule has 0 spiro atoms. The number of piperidine rings is 1. The van der Waals surface area contributed by atoms with Crippen molar-refractivity contribution >= 4 is 34.5 Å². The van der Waals surface area contributed by atoms with Crippen LogP contribution in [0.2, 0.25) is 0 Å². The molecule has 1 aliphatic carbocycles. The van der Waals surface area contributed by atoms with Crippen molar-refractivity contribution in [3.05, 3.63) is 58.7 Å². The van der Waals surface area contributed by atoms with Gasteiger partial charge >= 0.3 is 11.5 Å². The fourth-order valence-corrected chi connectivity index (χ4v) is 7.34. The van der Waals surface area contributed by atoms with Gasteiger partial charge in [0.2, 0.25) is 12.0 Å². The maximum Gasteiger partial charge on any atom is 0.416 e.